The van der Waals surface area contributed by atoms with E-state index in [1.165, 1.54) is 22.0 Å². The van der Waals surface area contributed by atoms with Gasteiger partial charge in [0.15, 0.2) is 0 Å². The number of H-pyrrole nitrogens is 1. The maximum atomic E-state index is 3.32. The van der Waals surface area contributed by atoms with Crippen LogP contribution in [0.3, 0.4) is 0 Å². The third-order valence-electron chi connectivity index (χ3n) is 2.64. The van der Waals surface area contributed by atoms with Gasteiger partial charge < -0.3 is 4.98 Å². The van der Waals surface area contributed by atoms with E-state index in [0.717, 1.165) is 13.0 Å². The lowest BCUT2D eigenvalue weighted by Gasteiger charge is -2.08. The average molecular weight is 268 g/mol. The molecule has 1 heterocycles. The second kappa shape index (κ2) is 7.11. The number of fused-ring (bicyclic) bond motifs is 1. The van der Waals surface area contributed by atoms with Gasteiger partial charge in [-0.3, -0.25) is 4.44 Å². The number of rotatable bonds is 3. The molecule has 2 rings (SSSR count). The summed E-state index contributed by atoms with van der Waals surface area (Å²) in [6.45, 7) is 7.19. The highest BCUT2D eigenvalue weighted by molar-refractivity contribution is 7.30. The largest absolute Gasteiger partial charge is 0.361 e. The summed E-state index contributed by atoms with van der Waals surface area (Å²) in [4.78, 5) is 3.32. The van der Waals surface area contributed by atoms with Crippen LogP contribution in [0.15, 0.2) is 24.4 Å². The number of aromatic nitrogens is 1. The first-order chi connectivity index (χ1) is 8.18. The van der Waals surface area contributed by atoms with E-state index in [9.17, 15) is 0 Å². The Morgan fingerprint density at radius 1 is 1.24 bits per heavy atom. The van der Waals surface area contributed by atoms with Crippen molar-refractivity contribution >= 4 is 29.7 Å². The standard InChI is InChI=1S/C11H16N2P2.C2H6/c1-8-3-2-4-10-11(8)9(7-12-10)5-6-13(14)15;1-2/h2-4,7,12H,5-6,14-15H2,1H3;1-2H3. The molecule has 0 radical (unpaired) electrons. The highest BCUT2D eigenvalue weighted by Crippen LogP contribution is 2.23. The minimum atomic E-state index is 1.02. The van der Waals surface area contributed by atoms with Gasteiger partial charge in [-0.05, 0) is 30.5 Å². The second-order valence-electron chi connectivity index (χ2n) is 3.80. The molecule has 0 spiro atoms. The molecule has 0 aliphatic rings. The summed E-state index contributed by atoms with van der Waals surface area (Å²) in [6, 6.07) is 6.39. The molecular weight excluding hydrogens is 246 g/mol. The van der Waals surface area contributed by atoms with Crippen molar-refractivity contribution in [1.29, 1.82) is 0 Å². The zero-order valence-corrected chi connectivity index (χ0v) is 13.1. The first-order valence-electron chi connectivity index (χ1n) is 6.01. The summed E-state index contributed by atoms with van der Waals surface area (Å²) in [5.74, 6) is 0. The van der Waals surface area contributed by atoms with Gasteiger partial charge in [0.2, 0.25) is 0 Å². The maximum absolute atomic E-state index is 3.32. The lowest BCUT2D eigenvalue weighted by molar-refractivity contribution is 0.728. The molecule has 0 saturated heterocycles. The van der Waals surface area contributed by atoms with Crippen LogP contribution in [0.2, 0.25) is 0 Å². The Labute approximate surface area is 109 Å². The predicted octanol–water partition coefficient (Wildman–Crippen LogP) is 3.93. The first kappa shape index (κ1) is 14.6. The van der Waals surface area contributed by atoms with E-state index in [1.54, 1.807) is 0 Å². The summed E-state index contributed by atoms with van der Waals surface area (Å²) in [6.07, 6.45) is 3.19. The molecule has 2 atom stereocenters. The zero-order chi connectivity index (χ0) is 12.8. The Bertz CT molecular complexity index is 463. The molecule has 2 unspecified atom stereocenters. The van der Waals surface area contributed by atoms with Gasteiger partial charge in [0, 0.05) is 23.6 Å². The van der Waals surface area contributed by atoms with Crippen molar-refractivity contribution in [1.82, 2.24) is 9.42 Å². The Morgan fingerprint density at radius 2 is 1.94 bits per heavy atom. The smallest absolute Gasteiger partial charge is 0.0459 e. The van der Waals surface area contributed by atoms with Crippen molar-refractivity contribution in [2.45, 2.75) is 27.2 Å². The second-order valence-corrected chi connectivity index (χ2v) is 5.72. The number of hydrogen-bond acceptors (Lipinski definition) is 1. The van der Waals surface area contributed by atoms with Crippen LogP contribution in [0.5, 0.6) is 0 Å². The monoisotopic (exact) mass is 268 g/mol. The molecule has 1 aromatic heterocycles. The molecule has 0 bridgehead atoms. The van der Waals surface area contributed by atoms with E-state index in [2.05, 4.69) is 59.5 Å². The van der Waals surface area contributed by atoms with Gasteiger partial charge in [-0.1, -0.05) is 44.8 Å². The normalized spacial score (nSPS) is 10.5. The van der Waals surface area contributed by atoms with E-state index in [-0.39, 0.29) is 0 Å². The van der Waals surface area contributed by atoms with Crippen LogP contribution in [0.4, 0.5) is 0 Å². The van der Waals surface area contributed by atoms with Crippen LogP contribution in [0.1, 0.15) is 25.0 Å². The minimum Gasteiger partial charge on any atom is -0.361 e. The number of benzene rings is 1. The van der Waals surface area contributed by atoms with Crippen molar-refractivity contribution in [3.05, 3.63) is 35.5 Å². The lowest BCUT2D eigenvalue weighted by atomic mass is 10.1. The third-order valence-corrected chi connectivity index (χ3v) is 3.15. The number of aromatic amines is 1. The van der Waals surface area contributed by atoms with Crippen LogP contribution < -0.4 is 0 Å². The van der Waals surface area contributed by atoms with Gasteiger partial charge in [0.25, 0.3) is 0 Å². The topological polar surface area (TPSA) is 19.0 Å². The molecule has 0 amide bonds. The van der Waals surface area contributed by atoms with Gasteiger partial charge in [-0.25, -0.2) is 0 Å². The number of aryl methyl sites for hydroxylation is 1. The highest BCUT2D eigenvalue weighted by atomic mass is 31.1. The Morgan fingerprint density at radius 3 is 2.59 bits per heavy atom. The molecule has 1 N–H and O–H groups in total. The summed E-state index contributed by atoms with van der Waals surface area (Å²) < 4.78 is 2.05. The molecule has 94 valence electrons. The van der Waals surface area contributed by atoms with Crippen LogP contribution in [0, 0.1) is 6.92 Å². The van der Waals surface area contributed by atoms with Gasteiger partial charge in [-0.15, -0.1) is 0 Å². The zero-order valence-electron chi connectivity index (χ0n) is 10.8. The minimum absolute atomic E-state index is 1.02. The lowest BCUT2D eigenvalue weighted by Crippen LogP contribution is -2.01. The fraction of sp³-hybridized carbons (Fsp3) is 0.385. The van der Waals surface area contributed by atoms with Crippen LogP contribution >= 0.6 is 18.8 Å². The van der Waals surface area contributed by atoms with E-state index >= 15 is 0 Å². The fourth-order valence-corrected chi connectivity index (χ4v) is 2.16. The Balaban J connectivity index is 0.000000686. The summed E-state index contributed by atoms with van der Waals surface area (Å²) in [5, 5.41) is 1.38. The third kappa shape index (κ3) is 3.78. The average Bonchev–Trinajstić information content (AvgIpc) is 2.74. The fourth-order valence-electron chi connectivity index (χ4n) is 1.90. The van der Waals surface area contributed by atoms with E-state index in [4.69, 9.17) is 0 Å². The number of nitrogens with zero attached hydrogens (tertiary/aromatic N) is 1. The molecule has 2 aromatic rings. The molecule has 4 heteroatoms. The van der Waals surface area contributed by atoms with Crippen LogP contribution in [-0.2, 0) is 6.42 Å². The van der Waals surface area contributed by atoms with Gasteiger partial charge >= 0.3 is 0 Å². The number of hydrogen-bond donors (Lipinski definition) is 1. The van der Waals surface area contributed by atoms with Gasteiger partial charge in [0.05, 0.1) is 0 Å². The van der Waals surface area contributed by atoms with Gasteiger partial charge in [0.1, 0.15) is 0 Å². The molecule has 0 fully saturated rings. The van der Waals surface area contributed by atoms with E-state index in [0.29, 0.717) is 0 Å². The van der Waals surface area contributed by atoms with Crippen molar-refractivity contribution in [2.75, 3.05) is 6.54 Å². The van der Waals surface area contributed by atoms with E-state index in [1.807, 2.05) is 13.8 Å². The number of nitrogens with one attached hydrogen (secondary N) is 1. The van der Waals surface area contributed by atoms with Crippen molar-refractivity contribution in [2.24, 2.45) is 0 Å². The SMILES string of the molecule is CC.Cc1cccc2[nH]cc(CCN(P)P)c12. The molecular formula is C13H22N2P2. The van der Waals surface area contributed by atoms with Crippen LogP contribution in [-0.4, -0.2) is 16.0 Å². The molecule has 0 aliphatic heterocycles. The van der Waals surface area contributed by atoms with Gasteiger partial charge in [-0.2, -0.15) is 0 Å². The first-order valence-corrected chi connectivity index (χ1v) is 7.04. The predicted molar refractivity (Wildman–Crippen MR) is 84.2 cm³/mol. The molecule has 0 saturated carbocycles. The summed E-state index contributed by atoms with van der Waals surface area (Å²) in [7, 11) is 5.32. The molecule has 1 aromatic carbocycles. The quantitative estimate of drug-likeness (QED) is 0.836. The van der Waals surface area contributed by atoms with E-state index < -0.39 is 0 Å². The van der Waals surface area contributed by atoms with Crippen molar-refractivity contribution < 1.29 is 0 Å². The summed E-state index contributed by atoms with van der Waals surface area (Å²) in [5.41, 5.74) is 3.99. The highest BCUT2D eigenvalue weighted by Gasteiger charge is 2.05. The maximum Gasteiger partial charge on any atom is 0.0459 e. The summed E-state index contributed by atoms with van der Waals surface area (Å²) >= 11 is 0. The Kier molecular flexibility index (Phi) is 6.12. The van der Waals surface area contributed by atoms with Crippen LogP contribution in [0.25, 0.3) is 10.9 Å². The van der Waals surface area contributed by atoms with Crippen molar-refractivity contribution in [3.63, 3.8) is 0 Å². The van der Waals surface area contributed by atoms with Crippen molar-refractivity contribution in [3.8, 4) is 0 Å². The molecule has 2 nitrogen and oxygen atoms in total. The molecule has 17 heavy (non-hydrogen) atoms. The Hall–Kier alpha value is -0.420. The molecule has 0 aliphatic carbocycles.